The van der Waals surface area contributed by atoms with E-state index in [0.29, 0.717) is 6.61 Å². The molecule has 1 aromatic carbocycles. The van der Waals surface area contributed by atoms with Gasteiger partial charge in [-0.05, 0) is 6.07 Å². The van der Waals surface area contributed by atoms with E-state index in [2.05, 4.69) is 9.97 Å². The van der Waals surface area contributed by atoms with Crippen LogP contribution in [0.25, 0.3) is 0 Å². The highest BCUT2D eigenvalue weighted by atomic mass is 32.2. The van der Waals surface area contributed by atoms with Crippen LogP contribution in [-0.2, 0) is 0 Å². The minimum atomic E-state index is -0.0399. The number of nitrogens with zero attached hydrogens (tertiary/aromatic N) is 2. The maximum atomic E-state index is 6.29. The van der Waals surface area contributed by atoms with Crippen LogP contribution >= 0.6 is 11.8 Å². The first-order chi connectivity index (χ1) is 8.84. The molecule has 3 rings (SSSR count). The molecule has 0 saturated carbocycles. The van der Waals surface area contributed by atoms with Crippen molar-refractivity contribution < 1.29 is 4.74 Å². The van der Waals surface area contributed by atoms with E-state index in [1.165, 1.54) is 0 Å². The van der Waals surface area contributed by atoms with Gasteiger partial charge in [0.05, 0.1) is 11.4 Å². The van der Waals surface area contributed by atoms with Crippen molar-refractivity contribution in [3.05, 3.63) is 48.4 Å². The molecule has 2 aromatic rings. The number of nitrogens with two attached hydrogens (primary N) is 1. The predicted octanol–water partition coefficient (Wildman–Crippen LogP) is 2.03. The van der Waals surface area contributed by atoms with Gasteiger partial charge < -0.3 is 10.5 Å². The van der Waals surface area contributed by atoms with Gasteiger partial charge in [-0.15, -0.1) is 0 Å². The molecule has 2 heterocycles. The molecular weight excluding hydrogens is 246 g/mol. The Kier molecular flexibility index (Phi) is 3.17. The number of thioether (sulfide) groups is 1. The third-order valence-corrected chi connectivity index (χ3v) is 4.08. The second-order valence-electron chi connectivity index (χ2n) is 4.07. The van der Waals surface area contributed by atoms with Gasteiger partial charge in [0.1, 0.15) is 17.4 Å². The summed E-state index contributed by atoms with van der Waals surface area (Å²) in [4.78, 5) is 8.31. The minimum Gasteiger partial charge on any atom is -0.492 e. The van der Waals surface area contributed by atoms with Gasteiger partial charge in [0.2, 0.25) is 0 Å². The van der Waals surface area contributed by atoms with Crippen molar-refractivity contribution in [3.63, 3.8) is 0 Å². The smallest absolute Gasteiger partial charge is 0.124 e. The molecule has 2 N–H and O–H groups in total. The Hall–Kier alpha value is -1.59. The fourth-order valence-electron chi connectivity index (χ4n) is 1.97. The van der Waals surface area contributed by atoms with Gasteiger partial charge in [-0.2, -0.15) is 0 Å². The molecule has 1 aliphatic heterocycles. The fourth-order valence-corrected chi connectivity index (χ4v) is 2.95. The topological polar surface area (TPSA) is 61.0 Å². The summed E-state index contributed by atoms with van der Waals surface area (Å²) in [5.41, 5.74) is 7.35. The number of benzene rings is 1. The van der Waals surface area contributed by atoms with Gasteiger partial charge >= 0.3 is 0 Å². The van der Waals surface area contributed by atoms with Crippen molar-refractivity contribution in [3.8, 4) is 5.75 Å². The van der Waals surface area contributed by atoms with Crippen LogP contribution in [0.2, 0.25) is 0 Å². The van der Waals surface area contributed by atoms with Crippen LogP contribution in [0.4, 0.5) is 0 Å². The number of rotatable bonds is 2. The lowest BCUT2D eigenvalue weighted by Crippen LogP contribution is -2.33. The van der Waals surface area contributed by atoms with E-state index in [4.69, 9.17) is 10.5 Å². The number of hydrogen-bond acceptors (Lipinski definition) is 5. The van der Waals surface area contributed by atoms with E-state index in [-0.39, 0.29) is 11.3 Å². The third-order valence-electron chi connectivity index (χ3n) is 2.89. The quantitative estimate of drug-likeness (QED) is 0.894. The lowest BCUT2D eigenvalue weighted by atomic mass is 10.0. The van der Waals surface area contributed by atoms with Crippen molar-refractivity contribution in [2.45, 2.75) is 16.3 Å². The summed E-state index contributed by atoms with van der Waals surface area (Å²) >= 11 is 1.61. The molecule has 18 heavy (non-hydrogen) atoms. The molecule has 92 valence electrons. The van der Waals surface area contributed by atoms with Gasteiger partial charge in [0.25, 0.3) is 0 Å². The van der Waals surface area contributed by atoms with Crippen LogP contribution < -0.4 is 10.5 Å². The zero-order valence-electron chi connectivity index (χ0n) is 9.69. The van der Waals surface area contributed by atoms with Gasteiger partial charge in [0, 0.05) is 24.0 Å². The Morgan fingerprint density at radius 1 is 1.28 bits per heavy atom. The molecular formula is C13H13N3OS. The molecule has 2 unspecified atom stereocenters. The monoisotopic (exact) mass is 259 g/mol. The van der Waals surface area contributed by atoms with Crippen LogP contribution in [0.15, 0.2) is 47.9 Å². The fraction of sp³-hybridized carbons (Fsp3) is 0.231. The Morgan fingerprint density at radius 2 is 2.17 bits per heavy atom. The molecule has 1 aliphatic rings. The summed E-state index contributed by atoms with van der Waals surface area (Å²) in [6.07, 6.45) is 5.10. The Morgan fingerprint density at radius 3 is 3.00 bits per heavy atom. The second-order valence-corrected chi connectivity index (χ2v) is 5.33. The maximum absolute atomic E-state index is 6.29. The van der Waals surface area contributed by atoms with Crippen LogP contribution in [0.1, 0.15) is 11.6 Å². The average molecular weight is 259 g/mol. The predicted molar refractivity (Wildman–Crippen MR) is 70.5 cm³/mol. The van der Waals surface area contributed by atoms with E-state index in [1.807, 2.05) is 24.3 Å². The van der Waals surface area contributed by atoms with Gasteiger partial charge in [-0.25, -0.2) is 4.98 Å². The summed E-state index contributed by atoms with van der Waals surface area (Å²) in [6, 6.07) is 7.88. The minimum absolute atomic E-state index is 0.0399. The molecule has 5 heteroatoms. The Bertz CT molecular complexity index is 535. The zero-order chi connectivity index (χ0) is 12.4. The van der Waals surface area contributed by atoms with Crippen molar-refractivity contribution in [2.75, 3.05) is 6.61 Å². The first kappa shape index (κ1) is 11.5. The molecule has 1 aromatic heterocycles. The van der Waals surface area contributed by atoms with E-state index < -0.39 is 0 Å². The second kappa shape index (κ2) is 4.96. The van der Waals surface area contributed by atoms with Gasteiger partial charge in [-0.1, -0.05) is 30.0 Å². The highest BCUT2D eigenvalue weighted by molar-refractivity contribution is 7.99. The lowest BCUT2D eigenvalue weighted by Gasteiger charge is -2.30. The van der Waals surface area contributed by atoms with E-state index in [1.54, 1.807) is 30.4 Å². The van der Waals surface area contributed by atoms with Crippen molar-refractivity contribution in [1.82, 2.24) is 9.97 Å². The maximum Gasteiger partial charge on any atom is 0.124 e. The molecule has 0 spiro atoms. The number of para-hydroxylation sites is 1. The summed E-state index contributed by atoms with van der Waals surface area (Å²) in [7, 11) is 0. The van der Waals surface area contributed by atoms with Crippen LogP contribution in [0.5, 0.6) is 5.75 Å². The van der Waals surface area contributed by atoms with Crippen molar-refractivity contribution >= 4 is 11.8 Å². The molecule has 0 fully saturated rings. The largest absolute Gasteiger partial charge is 0.492 e. The number of hydrogen-bond donors (Lipinski definition) is 1. The van der Waals surface area contributed by atoms with Gasteiger partial charge in [0.15, 0.2) is 0 Å². The van der Waals surface area contributed by atoms with Crippen LogP contribution in [0.3, 0.4) is 0 Å². The van der Waals surface area contributed by atoms with Crippen LogP contribution in [0, 0.1) is 0 Å². The molecule has 4 nitrogen and oxygen atoms in total. The van der Waals surface area contributed by atoms with E-state index in [0.717, 1.165) is 16.3 Å². The highest BCUT2D eigenvalue weighted by Crippen LogP contribution is 2.37. The van der Waals surface area contributed by atoms with Crippen molar-refractivity contribution in [1.29, 1.82) is 0 Å². The Labute approximate surface area is 110 Å². The number of fused-ring (bicyclic) bond motifs is 1. The molecule has 0 radical (unpaired) electrons. The standard InChI is InChI=1S/C13H13N3OS/c14-13-9-3-1-2-4-10(9)17-8-11(13)18-12-7-15-5-6-16-12/h1-7,11,13H,8,14H2. The number of ether oxygens (including phenoxy) is 1. The normalized spacial score (nSPS) is 22.1. The first-order valence-corrected chi connectivity index (χ1v) is 6.62. The van der Waals surface area contributed by atoms with Gasteiger partial charge in [-0.3, -0.25) is 4.98 Å². The first-order valence-electron chi connectivity index (χ1n) is 5.74. The molecule has 0 bridgehead atoms. The zero-order valence-corrected chi connectivity index (χ0v) is 10.5. The Balaban J connectivity index is 1.81. The highest BCUT2D eigenvalue weighted by Gasteiger charge is 2.28. The SMILES string of the molecule is NC1c2ccccc2OCC1Sc1cnccn1. The number of aromatic nitrogens is 2. The summed E-state index contributed by atoms with van der Waals surface area (Å²) in [6.45, 7) is 0.597. The van der Waals surface area contributed by atoms with E-state index >= 15 is 0 Å². The molecule has 0 aliphatic carbocycles. The summed E-state index contributed by atoms with van der Waals surface area (Å²) in [5, 5.41) is 1.04. The van der Waals surface area contributed by atoms with E-state index in [9.17, 15) is 0 Å². The summed E-state index contributed by atoms with van der Waals surface area (Å²) in [5.74, 6) is 0.890. The van der Waals surface area contributed by atoms with Crippen LogP contribution in [-0.4, -0.2) is 21.8 Å². The average Bonchev–Trinajstić information content (AvgIpc) is 2.43. The third kappa shape index (κ3) is 2.19. The molecule has 2 atom stereocenters. The molecule has 0 saturated heterocycles. The molecule has 0 amide bonds. The van der Waals surface area contributed by atoms with Crippen molar-refractivity contribution in [2.24, 2.45) is 5.73 Å². The lowest BCUT2D eigenvalue weighted by molar-refractivity contribution is 0.276. The summed E-state index contributed by atoms with van der Waals surface area (Å²) < 4.78 is 5.73.